The van der Waals surface area contributed by atoms with Crippen LogP contribution >= 0.6 is 0 Å². The van der Waals surface area contributed by atoms with E-state index in [0.717, 1.165) is 49.3 Å². The first kappa shape index (κ1) is 17.1. The van der Waals surface area contributed by atoms with E-state index in [-0.39, 0.29) is 6.42 Å². The number of carboxylic acid groups (broad SMARTS) is 1. The molecule has 1 heterocycles. The standard InChI is InChI=1S/C18H23NO4/c1-14-12-16(19-23-14)13-22-17-10-7-6-9-15(17)8-4-2-3-5-11-18(20)21/h6-7,9-10,12H,2-5,8,11,13H2,1H3,(H,20,21). The molecule has 5 heteroatoms. The molecule has 0 saturated carbocycles. The molecule has 0 fully saturated rings. The van der Waals surface area contributed by atoms with E-state index in [4.69, 9.17) is 14.4 Å². The molecular formula is C18H23NO4. The lowest BCUT2D eigenvalue weighted by Gasteiger charge is -2.10. The van der Waals surface area contributed by atoms with Crippen LogP contribution in [-0.4, -0.2) is 16.2 Å². The number of para-hydroxylation sites is 1. The summed E-state index contributed by atoms with van der Waals surface area (Å²) in [6.07, 6.45) is 4.96. The summed E-state index contributed by atoms with van der Waals surface area (Å²) in [4.78, 5) is 10.5. The summed E-state index contributed by atoms with van der Waals surface area (Å²) in [6.45, 7) is 2.25. The van der Waals surface area contributed by atoms with E-state index in [9.17, 15) is 4.79 Å². The summed E-state index contributed by atoms with van der Waals surface area (Å²) in [6, 6.07) is 9.87. The summed E-state index contributed by atoms with van der Waals surface area (Å²) >= 11 is 0. The maximum atomic E-state index is 10.5. The minimum atomic E-state index is -0.716. The largest absolute Gasteiger partial charge is 0.487 e. The van der Waals surface area contributed by atoms with Gasteiger partial charge in [-0.25, -0.2) is 0 Å². The van der Waals surface area contributed by atoms with Gasteiger partial charge in [0.25, 0.3) is 0 Å². The lowest BCUT2D eigenvalue weighted by Crippen LogP contribution is -1.99. The number of nitrogens with zero attached hydrogens (tertiary/aromatic N) is 1. The smallest absolute Gasteiger partial charge is 0.303 e. The first-order chi connectivity index (χ1) is 11.1. The van der Waals surface area contributed by atoms with Crippen LogP contribution in [0.25, 0.3) is 0 Å². The molecule has 0 aliphatic heterocycles. The maximum Gasteiger partial charge on any atom is 0.303 e. The van der Waals surface area contributed by atoms with Crippen molar-refractivity contribution < 1.29 is 19.2 Å². The monoisotopic (exact) mass is 317 g/mol. The number of aryl methyl sites for hydroxylation is 2. The van der Waals surface area contributed by atoms with Crippen molar-refractivity contribution in [3.8, 4) is 5.75 Å². The van der Waals surface area contributed by atoms with Crippen molar-refractivity contribution in [2.75, 3.05) is 0 Å². The zero-order chi connectivity index (χ0) is 16.5. The van der Waals surface area contributed by atoms with Crippen molar-refractivity contribution in [3.63, 3.8) is 0 Å². The fourth-order valence-electron chi connectivity index (χ4n) is 2.43. The van der Waals surface area contributed by atoms with E-state index in [1.807, 2.05) is 31.2 Å². The molecule has 0 atom stereocenters. The van der Waals surface area contributed by atoms with Crippen LogP contribution in [0.3, 0.4) is 0 Å². The lowest BCUT2D eigenvalue weighted by atomic mass is 10.0. The van der Waals surface area contributed by atoms with Crippen molar-refractivity contribution >= 4 is 5.97 Å². The Hall–Kier alpha value is -2.30. The molecule has 1 aromatic carbocycles. The Kier molecular flexibility index (Phi) is 6.66. The molecule has 2 aromatic rings. The molecule has 124 valence electrons. The molecule has 23 heavy (non-hydrogen) atoms. The number of aliphatic carboxylic acids is 1. The molecule has 5 nitrogen and oxygen atoms in total. The van der Waals surface area contributed by atoms with Gasteiger partial charge in [0, 0.05) is 12.5 Å². The Bertz CT molecular complexity index is 621. The van der Waals surface area contributed by atoms with Crippen LogP contribution in [0.4, 0.5) is 0 Å². The van der Waals surface area contributed by atoms with Gasteiger partial charge in [-0.3, -0.25) is 4.79 Å². The van der Waals surface area contributed by atoms with Crippen molar-refractivity contribution in [2.24, 2.45) is 0 Å². The second kappa shape index (κ2) is 8.98. The number of ether oxygens (including phenoxy) is 1. The van der Waals surface area contributed by atoms with Crippen molar-refractivity contribution in [2.45, 2.75) is 52.1 Å². The minimum absolute atomic E-state index is 0.261. The first-order valence-corrected chi connectivity index (χ1v) is 8.00. The topological polar surface area (TPSA) is 72.6 Å². The highest BCUT2D eigenvalue weighted by molar-refractivity contribution is 5.66. The van der Waals surface area contributed by atoms with E-state index < -0.39 is 5.97 Å². The molecule has 2 rings (SSSR count). The van der Waals surface area contributed by atoms with Gasteiger partial charge in [-0.1, -0.05) is 36.2 Å². The number of hydrogen-bond acceptors (Lipinski definition) is 4. The molecule has 0 amide bonds. The fraction of sp³-hybridized carbons (Fsp3) is 0.444. The number of carboxylic acids is 1. The van der Waals surface area contributed by atoms with Gasteiger partial charge in [0.1, 0.15) is 23.8 Å². The molecule has 0 radical (unpaired) electrons. The molecule has 0 bridgehead atoms. The maximum absolute atomic E-state index is 10.5. The Morgan fingerprint density at radius 1 is 1.22 bits per heavy atom. The van der Waals surface area contributed by atoms with Crippen LogP contribution in [0.5, 0.6) is 5.75 Å². The van der Waals surface area contributed by atoms with Crippen LogP contribution in [0.2, 0.25) is 0 Å². The van der Waals surface area contributed by atoms with Crippen LogP contribution < -0.4 is 4.74 Å². The highest BCUT2D eigenvalue weighted by Crippen LogP contribution is 2.22. The number of aromatic nitrogens is 1. The van der Waals surface area contributed by atoms with E-state index in [2.05, 4.69) is 11.2 Å². The molecular weight excluding hydrogens is 294 g/mol. The Morgan fingerprint density at radius 3 is 2.74 bits per heavy atom. The third kappa shape index (κ3) is 6.14. The van der Waals surface area contributed by atoms with Gasteiger partial charge >= 0.3 is 5.97 Å². The van der Waals surface area contributed by atoms with Gasteiger partial charge < -0.3 is 14.4 Å². The number of unbranched alkanes of at least 4 members (excludes halogenated alkanes) is 3. The molecule has 0 spiro atoms. The molecule has 0 aliphatic rings. The lowest BCUT2D eigenvalue weighted by molar-refractivity contribution is -0.137. The first-order valence-electron chi connectivity index (χ1n) is 8.00. The summed E-state index contributed by atoms with van der Waals surface area (Å²) in [7, 11) is 0. The average molecular weight is 317 g/mol. The number of carbonyl (C=O) groups is 1. The molecule has 0 unspecified atom stereocenters. The van der Waals surface area contributed by atoms with E-state index in [1.54, 1.807) is 0 Å². The van der Waals surface area contributed by atoms with E-state index in [1.165, 1.54) is 5.56 Å². The minimum Gasteiger partial charge on any atom is -0.487 e. The zero-order valence-electron chi connectivity index (χ0n) is 13.5. The molecule has 0 aliphatic carbocycles. The van der Waals surface area contributed by atoms with Crippen LogP contribution in [-0.2, 0) is 17.8 Å². The van der Waals surface area contributed by atoms with Gasteiger partial charge in [0.05, 0.1) is 0 Å². The molecule has 0 saturated heterocycles. The normalized spacial score (nSPS) is 10.7. The van der Waals surface area contributed by atoms with Crippen LogP contribution in [0, 0.1) is 6.92 Å². The van der Waals surface area contributed by atoms with Crippen LogP contribution in [0.15, 0.2) is 34.9 Å². The molecule has 1 N–H and O–H groups in total. The summed E-state index contributed by atoms with van der Waals surface area (Å²) in [5.41, 5.74) is 1.96. The average Bonchev–Trinajstić information content (AvgIpc) is 2.95. The van der Waals surface area contributed by atoms with Crippen molar-refractivity contribution in [3.05, 3.63) is 47.3 Å². The van der Waals surface area contributed by atoms with E-state index >= 15 is 0 Å². The van der Waals surface area contributed by atoms with Crippen molar-refractivity contribution in [1.29, 1.82) is 0 Å². The quantitative estimate of drug-likeness (QED) is 0.667. The third-order valence-electron chi connectivity index (χ3n) is 3.61. The number of benzene rings is 1. The van der Waals surface area contributed by atoms with Gasteiger partial charge in [-0.05, 0) is 37.8 Å². The fourth-order valence-corrected chi connectivity index (χ4v) is 2.43. The van der Waals surface area contributed by atoms with Crippen LogP contribution in [0.1, 0.15) is 49.1 Å². The Morgan fingerprint density at radius 2 is 2.00 bits per heavy atom. The highest BCUT2D eigenvalue weighted by Gasteiger charge is 2.06. The second-order valence-corrected chi connectivity index (χ2v) is 5.63. The molecule has 1 aromatic heterocycles. The summed E-state index contributed by atoms with van der Waals surface area (Å²) in [5, 5.41) is 12.5. The van der Waals surface area contributed by atoms with Gasteiger partial charge in [-0.2, -0.15) is 0 Å². The second-order valence-electron chi connectivity index (χ2n) is 5.63. The Labute approximate surface area is 136 Å². The summed E-state index contributed by atoms with van der Waals surface area (Å²) < 4.78 is 10.9. The Balaban J connectivity index is 1.77. The zero-order valence-corrected chi connectivity index (χ0v) is 13.5. The van der Waals surface area contributed by atoms with E-state index in [0.29, 0.717) is 6.61 Å². The van der Waals surface area contributed by atoms with Gasteiger partial charge in [-0.15, -0.1) is 0 Å². The SMILES string of the molecule is Cc1cc(COc2ccccc2CCCCCCC(=O)O)no1. The van der Waals surface area contributed by atoms with Crippen molar-refractivity contribution in [1.82, 2.24) is 5.16 Å². The predicted molar refractivity (Wildman–Crippen MR) is 86.4 cm³/mol. The summed E-state index contributed by atoms with van der Waals surface area (Å²) in [5.74, 6) is 0.934. The highest BCUT2D eigenvalue weighted by atomic mass is 16.5. The number of hydrogen-bond donors (Lipinski definition) is 1. The van der Waals surface area contributed by atoms with Gasteiger partial charge in [0.15, 0.2) is 0 Å². The number of rotatable bonds is 10. The predicted octanol–water partition coefficient (Wildman–Crippen LogP) is 4.14. The third-order valence-corrected chi connectivity index (χ3v) is 3.61. The van der Waals surface area contributed by atoms with Gasteiger partial charge in [0.2, 0.25) is 0 Å².